The number of nitrogens with one attached hydrogen (secondary N) is 3. The van der Waals surface area contributed by atoms with Gasteiger partial charge in [0.25, 0.3) is 5.56 Å². The fourth-order valence-corrected chi connectivity index (χ4v) is 2.69. The summed E-state index contributed by atoms with van der Waals surface area (Å²) in [5.41, 5.74) is 4.95. The summed E-state index contributed by atoms with van der Waals surface area (Å²) < 4.78 is 7.50. The molecule has 2 aromatic heterocycles. The number of H-pyrrole nitrogens is 2. The average Bonchev–Trinajstić information content (AvgIpc) is 2.90. The van der Waals surface area contributed by atoms with Crippen LogP contribution in [0.25, 0.3) is 5.69 Å². The molecule has 0 aliphatic heterocycles. The van der Waals surface area contributed by atoms with Gasteiger partial charge in [0.2, 0.25) is 5.82 Å². The fraction of sp³-hybridized carbons (Fsp3) is 0.176. The van der Waals surface area contributed by atoms with Crippen LogP contribution in [-0.2, 0) is 0 Å². The van der Waals surface area contributed by atoms with E-state index in [0.717, 1.165) is 28.4 Å². The molecule has 0 saturated heterocycles. The zero-order valence-electron chi connectivity index (χ0n) is 14.5. The lowest BCUT2D eigenvalue weighted by Crippen LogP contribution is -2.25. The molecule has 134 valence electrons. The molecule has 3 rings (SSSR count). The van der Waals surface area contributed by atoms with Crippen LogP contribution in [0.3, 0.4) is 0 Å². The number of hydrogen-bond acceptors (Lipinski definition) is 6. The maximum atomic E-state index is 11.6. The first-order valence-electron chi connectivity index (χ1n) is 7.81. The third kappa shape index (κ3) is 3.27. The molecule has 1 aromatic carbocycles. The molecule has 0 spiro atoms. The molecule has 3 N–H and O–H groups in total. The first kappa shape index (κ1) is 17.2. The lowest BCUT2D eigenvalue weighted by atomic mass is 10.2. The minimum Gasteiger partial charge on any atom is -0.495 e. The highest BCUT2D eigenvalue weighted by molar-refractivity contribution is 5.82. The second-order valence-corrected chi connectivity index (χ2v) is 5.56. The number of aryl methyl sites for hydroxylation is 1. The van der Waals surface area contributed by atoms with Gasteiger partial charge < -0.3 is 9.30 Å². The molecule has 3 aromatic rings. The summed E-state index contributed by atoms with van der Waals surface area (Å²) in [5, 5.41) is 9.76. The highest BCUT2D eigenvalue weighted by atomic mass is 16.5. The zero-order valence-corrected chi connectivity index (χ0v) is 14.5. The van der Waals surface area contributed by atoms with Crippen molar-refractivity contribution in [2.45, 2.75) is 13.8 Å². The number of para-hydroxylation sites is 2. The van der Waals surface area contributed by atoms with Crippen LogP contribution in [-0.4, -0.2) is 33.1 Å². The Hall–Kier alpha value is -3.62. The lowest BCUT2D eigenvalue weighted by molar-refractivity contribution is 0.412. The van der Waals surface area contributed by atoms with Crippen molar-refractivity contribution in [3.8, 4) is 11.4 Å². The predicted molar refractivity (Wildman–Crippen MR) is 98.5 cm³/mol. The van der Waals surface area contributed by atoms with Crippen LogP contribution in [0.5, 0.6) is 5.75 Å². The van der Waals surface area contributed by atoms with Gasteiger partial charge in [-0.2, -0.15) is 5.10 Å². The molecule has 9 nitrogen and oxygen atoms in total. The van der Waals surface area contributed by atoms with Crippen LogP contribution in [0, 0.1) is 13.8 Å². The number of hydrazone groups is 1. The molecule has 2 heterocycles. The second-order valence-electron chi connectivity index (χ2n) is 5.56. The van der Waals surface area contributed by atoms with Crippen molar-refractivity contribution >= 4 is 12.0 Å². The monoisotopic (exact) mass is 354 g/mol. The summed E-state index contributed by atoms with van der Waals surface area (Å²) in [6, 6.07) is 9.70. The SMILES string of the molecule is COc1ccccc1-n1c(C)cc(/C=N/Nc2n[nH]c(=O)[nH]c2=O)c1C. The first-order chi connectivity index (χ1) is 12.5. The van der Waals surface area contributed by atoms with Crippen LogP contribution >= 0.6 is 0 Å². The van der Waals surface area contributed by atoms with Gasteiger partial charge in [-0.25, -0.2) is 9.89 Å². The predicted octanol–water partition coefficient (Wildman–Crippen LogP) is 1.32. The van der Waals surface area contributed by atoms with E-state index in [-0.39, 0.29) is 5.82 Å². The Morgan fingerprint density at radius 3 is 2.77 bits per heavy atom. The van der Waals surface area contributed by atoms with Gasteiger partial charge in [-0.05, 0) is 32.0 Å². The Kier molecular flexibility index (Phi) is 4.70. The van der Waals surface area contributed by atoms with E-state index in [1.807, 2.05) is 44.2 Å². The van der Waals surface area contributed by atoms with E-state index in [2.05, 4.69) is 30.3 Å². The Labute approximate surface area is 148 Å². The first-order valence-corrected chi connectivity index (χ1v) is 7.81. The fourth-order valence-electron chi connectivity index (χ4n) is 2.69. The molecular formula is C17H18N6O3. The number of aromatic amines is 2. The molecule has 0 bridgehead atoms. The van der Waals surface area contributed by atoms with E-state index < -0.39 is 11.2 Å². The third-order valence-corrected chi connectivity index (χ3v) is 3.88. The standard InChI is InChI=1S/C17H18N6O3/c1-10-8-12(9-18-20-15-16(24)19-17(25)22-21-15)11(2)23(10)13-6-4-5-7-14(13)26-3/h4-9H,1-3H3,(H,20,21)(H2,19,22,24,25)/b18-9+. The quantitative estimate of drug-likeness (QED) is 0.472. The van der Waals surface area contributed by atoms with E-state index in [1.165, 1.54) is 0 Å². The van der Waals surface area contributed by atoms with Crippen LogP contribution in [0.1, 0.15) is 17.0 Å². The summed E-state index contributed by atoms with van der Waals surface area (Å²) >= 11 is 0. The van der Waals surface area contributed by atoms with Gasteiger partial charge in [0.15, 0.2) is 0 Å². The van der Waals surface area contributed by atoms with Crippen molar-refractivity contribution < 1.29 is 4.74 Å². The lowest BCUT2D eigenvalue weighted by Gasteiger charge is -2.13. The number of aromatic nitrogens is 4. The van der Waals surface area contributed by atoms with Crippen LogP contribution in [0.15, 0.2) is 45.0 Å². The van der Waals surface area contributed by atoms with E-state index in [0.29, 0.717) is 0 Å². The molecular weight excluding hydrogens is 336 g/mol. The van der Waals surface area contributed by atoms with Gasteiger partial charge in [-0.15, -0.1) is 5.10 Å². The highest BCUT2D eigenvalue weighted by Gasteiger charge is 2.12. The number of methoxy groups -OCH3 is 1. The Balaban J connectivity index is 1.90. The van der Waals surface area contributed by atoms with E-state index in [9.17, 15) is 9.59 Å². The van der Waals surface area contributed by atoms with Crippen LogP contribution in [0.2, 0.25) is 0 Å². The minimum atomic E-state index is -0.676. The molecule has 0 aliphatic carbocycles. The summed E-state index contributed by atoms with van der Waals surface area (Å²) in [5.74, 6) is 0.666. The number of rotatable bonds is 5. The molecule has 0 radical (unpaired) electrons. The maximum Gasteiger partial charge on any atom is 0.342 e. The molecule has 0 atom stereocenters. The molecule has 9 heteroatoms. The summed E-state index contributed by atoms with van der Waals surface area (Å²) in [6.07, 6.45) is 1.58. The molecule has 0 aliphatic rings. The third-order valence-electron chi connectivity index (χ3n) is 3.88. The van der Waals surface area contributed by atoms with Crippen molar-refractivity contribution in [2.24, 2.45) is 5.10 Å². The van der Waals surface area contributed by atoms with Crippen molar-refractivity contribution in [3.63, 3.8) is 0 Å². The van der Waals surface area contributed by atoms with Gasteiger partial charge in [-0.1, -0.05) is 12.1 Å². The number of ether oxygens (including phenoxy) is 1. The normalized spacial score (nSPS) is 11.0. The van der Waals surface area contributed by atoms with E-state index in [1.54, 1.807) is 13.3 Å². The van der Waals surface area contributed by atoms with Crippen molar-refractivity contribution in [1.82, 2.24) is 19.7 Å². The second kappa shape index (κ2) is 7.09. The smallest absolute Gasteiger partial charge is 0.342 e. The molecule has 0 unspecified atom stereocenters. The number of benzene rings is 1. The largest absolute Gasteiger partial charge is 0.495 e. The number of nitrogens with zero attached hydrogens (tertiary/aromatic N) is 3. The topological polar surface area (TPSA) is 117 Å². The summed E-state index contributed by atoms with van der Waals surface area (Å²) in [7, 11) is 1.63. The Bertz CT molecular complexity index is 1080. The van der Waals surface area contributed by atoms with Crippen molar-refractivity contribution in [3.05, 3.63) is 68.1 Å². The number of anilines is 1. The van der Waals surface area contributed by atoms with Gasteiger partial charge in [0.1, 0.15) is 5.75 Å². The zero-order chi connectivity index (χ0) is 18.7. The molecule has 0 amide bonds. The molecule has 26 heavy (non-hydrogen) atoms. The maximum absolute atomic E-state index is 11.6. The number of hydrogen-bond donors (Lipinski definition) is 3. The Morgan fingerprint density at radius 2 is 2.04 bits per heavy atom. The van der Waals surface area contributed by atoms with Crippen molar-refractivity contribution in [1.29, 1.82) is 0 Å². The van der Waals surface area contributed by atoms with Gasteiger partial charge in [-0.3, -0.25) is 15.2 Å². The average molecular weight is 354 g/mol. The highest BCUT2D eigenvalue weighted by Crippen LogP contribution is 2.27. The Morgan fingerprint density at radius 1 is 1.27 bits per heavy atom. The summed E-state index contributed by atoms with van der Waals surface area (Å²) in [4.78, 5) is 24.6. The van der Waals surface area contributed by atoms with Crippen LogP contribution < -0.4 is 21.4 Å². The van der Waals surface area contributed by atoms with E-state index in [4.69, 9.17) is 4.74 Å². The van der Waals surface area contributed by atoms with Crippen molar-refractivity contribution in [2.75, 3.05) is 12.5 Å². The van der Waals surface area contributed by atoms with Gasteiger partial charge >= 0.3 is 5.69 Å². The van der Waals surface area contributed by atoms with Gasteiger partial charge in [0, 0.05) is 17.0 Å². The summed E-state index contributed by atoms with van der Waals surface area (Å²) in [6.45, 7) is 3.95. The molecule has 0 fully saturated rings. The van der Waals surface area contributed by atoms with Gasteiger partial charge in [0.05, 0.1) is 19.0 Å². The molecule has 0 saturated carbocycles. The van der Waals surface area contributed by atoms with Crippen LogP contribution in [0.4, 0.5) is 5.82 Å². The van der Waals surface area contributed by atoms with E-state index >= 15 is 0 Å². The minimum absolute atomic E-state index is 0.0978.